The number of hydrogen-bond acceptors (Lipinski definition) is 4. The van der Waals surface area contributed by atoms with Crippen LogP contribution in [0.3, 0.4) is 0 Å². The van der Waals surface area contributed by atoms with Crippen molar-refractivity contribution in [1.82, 2.24) is 0 Å². The molecule has 2 heterocycles. The summed E-state index contributed by atoms with van der Waals surface area (Å²) in [6.45, 7) is 1.70. The van der Waals surface area contributed by atoms with E-state index in [2.05, 4.69) is 5.32 Å². The van der Waals surface area contributed by atoms with Crippen molar-refractivity contribution in [2.75, 3.05) is 5.32 Å². The molecule has 0 aliphatic heterocycles. The number of carbonyl (C=O) groups excluding carboxylic acids is 1. The number of furan rings is 1. The topological polar surface area (TPSA) is 79.5 Å². The molecule has 3 rings (SSSR count). The minimum atomic E-state index is -0.978. The SMILES string of the molecule is Cc1occc1C(=O)Nc1sc2c(c1C(=O)O)CCCC2. The standard InChI is InChI=1S/C15H15NO4S/c1-8-9(6-7-20-8)13(17)16-14-12(15(18)19)10-4-2-3-5-11(10)21-14/h6-7H,2-5H2,1H3,(H,16,17)(H,18,19). The summed E-state index contributed by atoms with van der Waals surface area (Å²) < 4.78 is 5.11. The Morgan fingerprint density at radius 2 is 2.10 bits per heavy atom. The Hall–Kier alpha value is -2.08. The molecule has 2 aromatic rings. The third-order valence-electron chi connectivity index (χ3n) is 3.72. The minimum absolute atomic E-state index is 0.254. The number of rotatable bonds is 3. The van der Waals surface area contributed by atoms with Crippen LogP contribution in [0.1, 0.15) is 49.8 Å². The predicted molar refractivity (Wildman–Crippen MR) is 79.3 cm³/mol. The van der Waals surface area contributed by atoms with E-state index in [4.69, 9.17) is 4.42 Å². The Kier molecular flexibility index (Phi) is 3.55. The zero-order valence-corrected chi connectivity index (χ0v) is 12.4. The maximum Gasteiger partial charge on any atom is 0.339 e. The third-order valence-corrected chi connectivity index (χ3v) is 4.92. The molecule has 0 radical (unpaired) electrons. The van der Waals surface area contributed by atoms with Crippen LogP contribution in [-0.4, -0.2) is 17.0 Å². The molecule has 0 spiro atoms. The van der Waals surface area contributed by atoms with E-state index in [1.165, 1.54) is 17.6 Å². The maximum atomic E-state index is 12.2. The Labute approximate surface area is 125 Å². The first-order chi connectivity index (χ1) is 10.1. The first-order valence-electron chi connectivity index (χ1n) is 6.81. The van der Waals surface area contributed by atoms with Crippen LogP contribution in [0.25, 0.3) is 0 Å². The van der Waals surface area contributed by atoms with Crippen molar-refractivity contribution >= 4 is 28.2 Å². The number of carboxylic acid groups (broad SMARTS) is 1. The molecule has 1 aliphatic carbocycles. The quantitative estimate of drug-likeness (QED) is 0.910. The normalized spacial score (nSPS) is 13.8. The average Bonchev–Trinajstić information content (AvgIpc) is 3.01. The second-order valence-electron chi connectivity index (χ2n) is 5.06. The summed E-state index contributed by atoms with van der Waals surface area (Å²) in [6.07, 6.45) is 5.18. The number of carboxylic acids is 1. The number of aryl methyl sites for hydroxylation is 2. The van der Waals surface area contributed by atoms with Gasteiger partial charge in [-0.3, -0.25) is 4.79 Å². The van der Waals surface area contributed by atoms with Gasteiger partial charge < -0.3 is 14.8 Å². The van der Waals surface area contributed by atoms with Crippen molar-refractivity contribution < 1.29 is 19.1 Å². The van der Waals surface area contributed by atoms with Gasteiger partial charge in [0, 0.05) is 4.88 Å². The number of hydrogen-bond donors (Lipinski definition) is 2. The summed E-state index contributed by atoms with van der Waals surface area (Å²) in [5.74, 6) is -0.790. The van der Waals surface area contributed by atoms with Crippen molar-refractivity contribution in [3.8, 4) is 0 Å². The van der Waals surface area contributed by atoms with E-state index in [0.29, 0.717) is 16.3 Å². The fourth-order valence-corrected chi connectivity index (χ4v) is 3.95. The molecule has 5 nitrogen and oxygen atoms in total. The number of carbonyl (C=O) groups is 2. The number of aromatic carboxylic acids is 1. The molecular weight excluding hydrogens is 290 g/mol. The van der Waals surface area contributed by atoms with Gasteiger partial charge in [-0.15, -0.1) is 11.3 Å². The lowest BCUT2D eigenvalue weighted by molar-refractivity contribution is 0.0697. The van der Waals surface area contributed by atoms with Crippen LogP contribution in [0.5, 0.6) is 0 Å². The van der Waals surface area contributed by atoms with E-state index in [1.54, 1.807) is 13.0 Å². The van der Waals surface area contributed by atoms with Gasteiger partial charge in [0.1, 0.15) is 10.8 Å². The first kappa shape index (κ1) is 13.9. The van der Waals surface area contributed by atoms with Gasteiger partial charge in [-0.1, -0.05) is 0 Å². The Bertz CT molecular complexity index is 713. The first-order valence-corrected chi connectivity index (χ1v) is 7.63. The van der Waals surface area contributed by atoms with Gasteiger partial charge in [0.05, 0.1) is 17.4 Å². The maximum absolute atomic E-state index is 12.2. The second-order valence-corrected chi connectivity index (χ2v) is 6.17. The molecule has 2 N–H and O–H groups in total. The van der Waals surface area contributed by atoms with Gasteiger partial charge in [0.2, 0.25) is 0 Å². The molecule has 0 atom stereocenters. The summed E-state index contributed by atoms with van der Waals surface area (Å²) >= 11 is 1.38. The van der Waals surface area contributed by atoms with Crippen molar-refractivity contribution in [2.24, 2.45) is 0 Å². The van der Waals surface area contributed by atoms with E-state index in [-0.39, 0.29) is 11.5 Å². The highest BCUT2D eigenvalue weighted by atomic mass is 32.1. The van der Waals surface area contributed by atoms with Crippen LogP contribution in [0.15, 0.2) is 16.7 Å². The fourth-order valence-electron chi connectivity index (χ4n) is 2.67. The highest BCUT2D eigenvalue weighted by Gasteiger charge is 2.26. The lowest BCUT2D eigenvalue weighted by Crippen LogP contribution is -2.14. The van der Waals surface area contributed by atoms with E-state index >= 15 is 0 Å². The molecule has 2 aromatic heterocycles. The number of thiophene rings is 1. The summed E-state index contributed by atoms with van der Waals surface area (Å²) in [5, 5.41) is 12.6. The van der Waals surface area contributed by atoms with E-state index in [0.717, 1.165) is 36.1 Å². The molecule has 0 unspecified atom stereocenters. The van der Waals surface area contributed by atoms with Crippen LogP contribution in [0.4, 0.5) is 5.00 Å². The fraction of sp³-hybridized carbons (Fsp3) is 0.333. The number of anilines is 1. The summed E-state index contributed by atoms with van der Waals surface area (Å²) in [6, 6.07) is 1.58. The summed E-state index contributed by atoms with van der Waals surface area (Å²) in [4.78, 5) is 24.8. The number of amides is 1. The van der Waals surface area contributed by atoms with Crippen molar-refractivity contribution in [1.29, 1.82) is 0 Å². The molecule has 0 saturated heterocycles. The predicted octanol–water partition coefficient (Wildman–Crippen LogP) is 3.48. The van der Waals surface area contributed by atoms with Crippen LogP contribution < -0.4 is 5.32 Å². The Balaban J connectivity index is 1.95. The van der Waals surface area contributed by atoms with E-state index in [9.17, 15) is 14.7 Å². The Morgan fingerprint density at radius 1 is 1.33 bits per heavy atom. The van der Waals surface area contributed by atoms with E-state index < -0.39 is 5.97 Å². The lowest BCUT2D eigenvalue weighted by atomic mass is 9.95. The Morgan fingerprint density at radius 3 is 2.76 bits per heavy atom. The van der Waals surface area contributed by atoms with Crippen LogP contribution in [0, 0.1) is 6.92 Å². The number of nitrogens with one attached hydrogen (secondary N) is 1. The third kappa shape index (κ3) is 2.47. The van der Waals surface area contributed by atoms with Gasteiger partial charge >= 0.3 is 5.97 Å². The van der Waals surface area contributed by atoms with Crippen molar-refractivity contribution in [3.05, 3.63) is 39.7 Å². The molecule has 0 aromatic carbocycles. The zero-order valence-electron chi connectivity index (χ0n) is 11.6. The monoisotopic (exact) mass is 305 g/mol. The minimum Gasteiger partial charge on any atom is -0.478 e. The van der Waals surface area contributed by atoms with Gasteiger partial charge in [0.25, 0.3) is 5.91 Å². The molecular formula is C15H15NO4S. The molecule has 21 heavy (non-hydrogen) atoms. The highest BCUT2D eigenvalue weighted by Crippen LogP contribution is 2.38. The van der Waals surface area contributed by atoms with Gasteiger partial charge in [-0.25, -0.2) is 4.79 Å². The van der Waals surface area contributed by atoms with Crippen molar-refractivity contribution in [2.45, 2.75) is 32.6 Å². The second kappa shape index (κ2) is 5.37. The molecule has 1 amide bonds. The molecule has 0 saturated carbocycles. The molecule has 0 fully saturated rings. The number of fused-ring (bicyclic) bond motifs is 1. The van der Waals surface area contributed by atoms with Gasteiger partial charge in [-0.05, 0) is 44.2 Å². The molecule has 0 bridgehead atoms. The van der Waals surface area contributed by atoms with Gasteiger partial charge in [-0.2, -0.15) is 0 Å². The molecule has 6 heteroatoms. The van der Waals surface area contributed by atoms with Gasteiger partial charge in [0.15, 0.2) is 0 Å². The summed E-state index contributed by atoms with van der Waals surface area (Å²) in [5.41, 5.74) is 1.57. The van der Waals surface area contributed by atoms with E-state index in [1.807, 2.05) is 0 Å². The highest BCUT2D eigenvalue weighted by molar-refractivity contribution is 7.17. The lowest BCUT2D eigenvalue weighted by Gasteiger charge is -2.10. The molecule has 110 valence electrons. The van der Waals surface area contributed by atoms with Crippen LogP contribution >= 0.6 is 11.3 Å². The van der Waals surface area contributed by atoms with Crippen LogP contribution in [0.2, 0.25) is 0 Å². The van der Waals surface area contributed by atoms with Crippen LogP contribution in [-0.2, 0) is 12.8 Å². The largest absolute Gasteiger partial charge is 0.478 e. The average molecular weight is 305 g/mol. The zero-order chi connectivity index (χ0) is 15.0. The smallest absolute Gasteiger partial charge is 0.339 e. The van der Waals surface area contributed by atoms with Crippen molar-refractivity contribution in [3.63, 3.8) is 0 Å². The summed E-state index contributed by atoms with van der Waals surface area (Å²) in [7, 11) is 0. The molecule has 1 aliphatic rings.